The lowest BCUT2D eigenvalue weighted by atomic mass is 10.0. The topological polar surface area (TPSA) is 116 Å². The van der Waals surface area contributed by atoms with Crippen molar-refractivity contribution in [1.82, 2.24) is 19.2 Å². The van der Waals surface area contributed by atoms with Crippen molar-refractivity contribution in [3.63, 3.8) is 0 Å². The van der Waals surface area contributed by atoms with E-state index < -0.39 is 10.0 Å². The van der Waals surface area contributed by atoms with E-state index in [2.05, 4.69) is 17.2 Å². The Labute approximate surface area is 243 Å². The van der Waals surface area contributed by atoms with E-state index in [9.17, 15) is 18.0 Å². The largest absolute Gasteiger partial charge is 0.331 e. The molecule has 0 radical (unpaired) electrons. The molecule has 0 bridgehead atoms. The summed E-state index contributed by atoms with van der Waals surface area (Å²) in [7, 11) is -3.80. The molecule has 1 aromatic carbocycles. The zero-order valence-corrected chi connectivity index (χ0v) is 24.7. The summed E-state index contributed by atoms with van der Waals surface area (Å²) in [4.78, 5) is 39.6. The van der Waals surface area contributed by atoms with Crippen molar-refractivity contribution in [2.75, 3.05) is 29.9 Å². The number of benzene rings is 1. The molecular weight excluding hydrogens is 560 g/mol. The van der Waals surface area contributed by atoms with Crippen LogP contribution in [0.2, 0.25) is 0 Å². The van der Waals surface area contributed by atoms with Crippen LogP contribution in [0.1, 0.15) is 60.6 Å². The first-order valence-electron chi connectivity index (χ1n) is 14.2. The molecule has 10 nitrogen and oxygen atoms in total. The van der Waals surface area contributed by atoms with Crippen LogP contribution in [0.4, 0.5) is 16.8 Å². The van der Waals surface area contributed by atoms with Gasteiger partial charge in [-0.05, 0) is 80.8 Å². The van der Waals surface area contributed by atoms with Crippen molar-refractivity contribution < 1.29 is 18.0 Å². The smallest absolute Gasteiger partial charge is 0.256 e. The molecule has 0 spiro atoms. The van der Waals surface area contributed by atoms with Gasteiger partial charge in [-0.1, -0.05) is 17.4 Å². The zero-order valence-electron chi connectivity index (χ0n) is 23.1. The molecule has 0 unspecified atom stereocenters. The molecule has 1 saturated carbocycles. The number of fused-ring (bicyclic) bond motifs is 1. The quantitative estimate of drug-likeness (QED) is 0.409. The summed E-state index contributed by atoms with van der Waals surface area (Å²) in [5.74, 6) is 1.56. The Hall–Kier alpha value is -3.35. The van der Waals surface area contributed by atoms with E-state index in [0.717, 1.165) is 47.4 Å². The van der Waals surface area contributed by atoms with E-state index in [1.165, 1.54) is 15.6 Å². The number of nitrogens with zero attached hydrogens (tertiary/aromatic N) is 5. The Morgan fingerprint density at radius 1 is 1.07 bits per heavy atom. The summed E-state index contributed by atoms with van der Waals surface area (Å²) in [6.45, 7) is 5.99. The number of nitrogens with one attached hydrogen (secondary N) is 1. The Kier molecular flexibility index (Phi) is 6.40. The molecule has 2 saturated heterocycles. The van der Waals surface area contributed by atoms with Crippen molar-refractivity contribution >= 4 is 49.9 Å². The fraction of sp³-hybridized carbons (Fsp3) is 0.448. The van der Waals surface area contributed by atoms with Gasteiger partial charge in [-0.3, -0.25) is 14.5 Å². The second kappa shape index (κ2) is 9.88. The van der Waals surface area contributed by atoms with E-state index in [1.807, 2.05) is 36.1 Å². The number of amides is 2. The van der Waals surface area contributed by atoms with Gasteiger partial charge in [0.1, 0.15) is 11.6 Å². The number of rotatable bonds is 8. The summed E-state index contributed by atoms with van der Waals surface area (Å²) < 4.78 is 28.9. The number of pyridine rings is 1. The van der Waals surface area contributed by atoms with Crippen molar-refractivity contribution in [3.05, 3.63) is 47.2 Å². The number of carbonyl (C=O) groups is 2. The lowest BCUT2D eigenvalue weighted by Gasteiger charge is -2.30. The maximum atomic E-state index is 13.7. The molecule has 1 atom stereocenters. The van der Waals surface area contributed by atoms with Crippen LogP contribution in [0, 0.1) is 12.8 Å². The van der Waals surface area contributed by atoms with E-state index in [-0.39, 0.29) is 22.8 Å². The third kappa shape index (κ3) is 4.61. The molecule has 2 amide bonds. The first-order valence-corrected chi connectivity index (χ1v) is 16.5. The summed E-state index contributed by atoms with van der Waals surface area (Å²) >= 11 is 1.41. The standard InChI is InChI=1S/C29H32N6O4S2/c1-17-27(40-29(30-17)32-23-6-3-7-24(31-23)34-13-4-8-25(34)36)20-14-21-16-35(18(2)19-9-10-19)28(37)26(21)22(15-20)41(38,39)33-11-5-12-33/h3,6-7,14-15,18-19H,4-5,8-13,16H2,1-2H3,(H,30,31,32)/t18-/m0/s1. The van der Waals surface area contributed by atoms with Gasteiger partial charge >= 0.3 is 0 Å². The Balaban J connectivity index is 1.24. The number of hydrogen-bond donors (Lipinski definition) is 1. The lowest BCUT2D eigenvalue weighted by molar-refractivity contribution is -0.117. The summed E-state index contributed by atoms with van der Waals surface area (Å²) in [6, 6.07) is 9.22. The van der Waals surface area contributed by atoms with Crippen LogP contribution in [-0.2, 0) is 21.4 Å². The van der Waals surface area contributed by atoms with Gasteiger partial charge < -0.3 is 10.2 Å². The van der Waals surface area contributed by atoms with Gasteiger partial charge in [0.05, 0.1) is 21.0 Å². The van der Waals surface area contributed by atoms with Gasteiger partial charge in [0.15, 0.2) is 5.13 Å². The van der Waals surface area contributed by atoms with E-state index >= 15 is 0 Å². The first-order chi connectivity index (χ1) is 19.7. The van der Waals surface area contributed by atoms with Crippen LogP contribution in [0.25, 0.3) is 10.4 Å². The van der Waals surface area contributed by atoms with E-state index in [4.69, 9.17) is 4.98 Å². The SMILES string of the molecule is Cc1nc(Nc2cccc(N3CCCC3=O)n2)sc1-c1cc2c(c(S(=O)(=O)N3CCC3)c1)C(=O)N([C@@H](C)C1CC1)C2. The molecule has 7 rings (SSSR count). The zero-order chi connectivity index (χ0) is 28.5. The van der Waals surface area contributed by atoms with Gasteiger partial charge in [0.2, 0.25) is 15.9 Å². The average molecular weight is 593 g/mol. The highest BCUT2D eigenvalue weighted by Gasteiger charge is 2.43. The number of sulfonamides is 1. The lowest BCUT2D eigenvalue weighted by Crippen LogP contribution is -2.42. The Morgan fingerprint density at radius 2 is 1.88 bits per heavy atom. The summed E-state index contributed by atoms with van der Waals surface area (Å²) in [5.41, 5.74) is 2.57. The van der Waals surface area contributed by atoms with Gasteiger partial charge in [0, 0.05) is 38.6 Å². The molecule has 41 heavy (non-hydrogen) atoms. The maximum absolute atomic E-state index is 13.7. The van der Waals surface area contributed by atoms with E-state index in [0.29, 0.717) is 60.8 Å². The summed E-state index contributed by atoms with van der Waals surface area (Å²) in [5, 5.41) is 3.88. The van der Waals surface area contributed by atoms with E-state index in [1.54, 1.807) is 11.0 Å². The van der Waals surface area contributed by atoms with Gasteiger partial charge in [0.25, 0.3) is 5.91 Å². The van der Waals surface area contributed by atoms with Crippen LogP contribution in [0.3, 0.4) is 0 Å². The third-order valence-corrected chi connectivity index (χ3v) is 11.7. The fourth-order valence-corrected chi connectivity index (χ4v) is 8.69. The highest BCUT2D eigenvalue weighted by molar-refractivity contribution is 7.89. The number of anilines is 3. The van der Waals surface area contributed by atoms with Crippen LogP contribution in [-0.4, -0.2) is 65.1 Å². The number of thiazole rings is 1. The highest BCUT2D eigenvalue weighted by atomic mass is 32.2. The highest BCUT2D eigenvalue weighted by Crippen LogP contribution is 2.43. The minimum Gasteiger partial charge on any atom is -0.331 e. The van der Waals surface area contributed by atoms with Crippen LogP contribution >= 0.6 is 11.3 Å². The van der Waals surface area contributed by atoms with Crippen molar-refractivity contribution in [2.45, 2.75) is 63.4 Å². The molecule has 4 aliphatic rings. The second-order valence-electron chi connectivity index (χ2n) is 11.4. The number of carbonyl (C=O) groups excluding carboxylic acids is 2. The van der Waals surface area contributed by atoms with Crippen LogP contribution in [0.5, 0.6) is 0 Å². The predicted octanol–water partition coefficient (Wildman–Crippen LogP) is 4.53. The molecule has 214 valence electrons. The monoisotopic (exact) mass is 592 g/mol. The molecular formula is C29H32N6O4S2. The minimum absolute atomic E-state index is 0.0752. The minimum atomic E-state index is -3.80. The Morgan fingerprint density at radius 3 is 2.56 bits per heavy atom. The molecule has 1 aliphatic carbocycles. The normalized spacial score (nSPS) is 20.0. The van der Waals surface area contributed by atoms with Gasteiger partial charge in [-0.15, -0.1) is 0 Å². The molecule has 3 aromatic rings. The number of hydrogen-bond acceptors (Lipinski definition) is 8. The number of aromatic nitrogens is 2. The molecule has 3 fully saturated rings. The molecule has 5 heterocycles. The molecule has 1 N–H and O–H groups in total. The van der Waals surface area contributed by atoms with Gasteiger partial charge in [-0.2, -0.15) is 4.31 Å². The second-order valence-corrected chi connectivity index (χ2v) is 14.3. The average Bonchev–Trinajstić information content (AvgIpc) is 3.45. The number of aryl methyl sites for hydroxylation is 1. The van der Waals surface area contributed by atoms with Gasteiger partial charge in [-0.25, -0.2) is 18.4 Å². The van der Waals surface area contributed by atoms with Crippen molar-refractivity contribution in [2.24, 2.45) is 5.92 Å². The summed E-state index contributed by atoms with van der Waals surface area (Å²) in [6.07, 6.45) is 4.39. The molecule has 12 heteroatoms. The predicted molar refractivity (Wildman–Crippen MR) is 157 cm³/mol. The Bertz CT molecular complexity index is 1680. The first kappa shape index (κ1) is 26.5. The molecule has 3 aliphatic heterocycles. The van der Waals surface area contributed by atoms with Crippen molar-refractivity contribution in [3.8, 4) is 10.4 Å². The fourth-order valence-electron chi connectivity index (χ4n) is 5.96. The van der Waals surface area contributed by atoms with Crippen LogP contribution < -0.4 is 10.2 Å². The van der Waals surface area contributed by atoms with Crippen molar-refractivity contribution in [1.29, 1.82) is 0 Å². The maximum Gasteiger partial charge on any atom is 0.256 e. The molecule has 2 aromatic heterocycles. The third-order valence-electron chi connectivity index (χ3n) is 8.61. The van der Waals surface area contributed by atoms with Crippen LogP contribution in [0.15, 0.2) is 35.2 Å².